The molecule has 3 rings (SSSR count). The molecule has 1 saturated heterocycles. The van der Waals surface area contributed by atoms with Crippen LogP contribution < -0.4 is 5.32 Å². The molecule has 0 radical (unpaired) electrons. The Morgan fingerprint density at radius 1 is 1.16 bits per heavy atom. The predicted molar refractivity (Wildman–Crippen MR) is 119 cm³/mol. The number of anilines is 1. The van der Waals surface area contributed by atoms with Crippen LogP contribution in [0, 0.1) is 6.92 Å². The summed E-state index contributed by atoms with van der Waals surface area (Å²) in [5.41, 5.74) is 1.89. The Labute approximate surface area is 191 Å². The molecule has 2 aromatic carbocycles. The summed E-state index contributed by atoms with van der Waals surface area (Å²) < 4.78 is 5.51. The van der Waals surface area contributed by atoms with Gasteiger partial charge in [-0.1, -0.05) is 48.0 Å². The molecule has 2 atom stereocenters. The Balaban J connectivity index is 1.91. The first-order valence-corrected chi connectivity index (χ1v) is 10.5. The van der Waals surface area contributed by atoms with Crippen molar-refractivity contribution in [3.8, 4) is 0 Å². The van der Waals surface area contributed by atoms with E-state index in [9.17, 15) is 19.2 Å². The van der Waals surface area contributed by atoms with Gasteiger partial charge in [0.2, 0.25) is 6.23 Å². The Kier molecular flexibility index (Phi) is 7.27. The second kappa shape index (κ2) is 9.93. The lowest BCUT2D eigenvalue weighted by molar-refractivity contribution is -0.147. The fraction of sp³-hybridized carbons (Fsp3) is 0.304. The zero-order valence-corrected chi connectivity index (χ0v) is 18.8. The van der Waals surface area contributed by atoms with Crippen molar-refractivity contribution in [3.05, 3.63) is 64.7 Å². The lowest BCUT2D eigenvalue weighted by Gasteiger charge is -2.23. The highest BCUT2D eigenvalue weighted by Gasteiger charge is 2.52. The van der Waals surface area contributed by atoms with Crippen LogP contribution in [0.2, 0.25) is 5.02 Å². The molecule has 8 nitrogen and oxygen atoms in total. The molecule has 1 N–H and O–H groups in total. The van der Waals surface area contributed by atoms with E-state index in [2.05, 4.69) is 5.32 Å². The van der Waals surface area contributed by atoms with Crippen molar-refractivity contribution in [2.75, 3.05) is 11.9 Å². The third-order valence-electron chi connectivity index (χ3n) is 4.98. The van der Waals surface area contributed by atoms with Crippen LogP contribution in [0.4, 0.5) is 10.5 Å². The number of halogens is 1. The number of hydrogen-bond donors (Lipinski definition) is 1. The lowest BCUT2D eigenvalue weighted by Crippen LogP contribution is -2.52. The molecule has 0 bridgehead atoms. The summed E-state index contributed by atoms with van der Waals surface area (Å²) in [5.74, 6) is -2.26. The molecule has 0 spiro atoms. The van der Waals surface area contributed by atoms with Gasteiger partial charge in [0.15, 0.2) is 11.8 Å². The highest BCUT2D eigenvalue weighted by Crippen LogP contribution is 2.27. The van der Waals surface area contributed by atoms with E-state index < -0.39 is 35.9 Å². The molecule has 168 valence electrons. The Morgan fingerprint density at radius 2 is 1.84 bits per heavy atom. The minimum Gasteiger partial charge on any atom is -0.350 e. The molecular formula is C23H24ClN3O5. The largest absolute Gasteiger partial charge is 0.350 e. The van der Waals surface area contributed by atoms with Gasteiger partial charge < -0.3 is 10.1 Å². The number of rotatable bonds is 8. The maximum atomic E-state index is 13.2. The first-order chi connectivity index (χ1) is 15.2. The number of aryl methyl sites for hydroxylation is 1. The van der Waals surface area contributed by atoms with Gasteiger partial charge in [0, 0.05) is 6.61 Å². The van der Waals surface area contributed by atoms with Crippen molar-refractivity contribution in [1.82, 2.24) is 9.80 Å². The average molecular weight is 458 g/mol. The van der Waals surface area contributed by atoms with Gasteiger partial charge in [-0.05, 0) is 44.0 Å². The number of hydrogen-bond acceptors (Lipinski definition) is 5. The third kappa shape index (κ3) is 4.81. The highest BCUT2D eigenvalue weighted by molar-refractivity contribution is 6.34. The number of Topliss-reactive ketones (excluding diaryl/α,β-unsaturated/α-hetero) is 1. The van der Waals surface area contributed by atoms with Crippen molar-refractivity contribution in [2.45, 2.75) is 39.6 Å². The highest BCUT2D eigenvalue weighted by atomic mass is 35.5. The number of ether oxygens (including phenoxy) is 1. The van der Waals surface area contributed by atoms with Crippen LogP contribution >= 0.6 is 11.6 Å². The molecule has 0 aromatic heterocycles. The van der Waals surface area contributed by atoms with Gasteiger partial charge in [0.25, 0.3) is 11.8 Å². The average Bonchev–Trinajstić information content (AvgIpc) is 2.96. The van der Waals surface area contributed by atoms with Gasteiger partial charge in [0.05, 0.1) is 17.3 Å². The Bertz CT molecular complexity index is 1040. The first kappa shape index (κ1) is 23.4. The standard InChI is InChI=1S/C23H24ClN3O5/c1-4-32-22-21(30)27(23(31)26(22)13-16-8-6-5-7-9-16)19(15(3)28)20(29)25-18-12-14(2)10-11-17(18)24/h5-12,19,22H,4,13H2,1-3H3,(H,25,29). The molecule has 1 fully saturated rings. The summed E-state index contributed by atoms with van der Waals surface area (Å²) in [5, 5.41) is 2.83. The van der Waals surface area contributed by atoms with Gasteiger partial charge in [-0.3, -0.25) is 19.3 Å². The van der Waals surface area contributed by atoms with Crippen molar-refractivity contribution < 1.29 is 23.9 Å². The van der Waals surface area contributed by atoms with Crippen LogP contribution in [0.5, 0.6) is 0 Å². The fourth-order valence-electron chi connectivity index (χ4n) is 3.49. The minimum atomic E-state index is -1.66. The van der Waals surface area contributed by atoms with E-state index in [-0.39, 0.29) is 23.9 Å². The Morgan fingerprint density at radius 3 is 2.47 bits per heavy atom. The maximum Gasteiger partial charge on any atom is 0.330 e. The van der Waals surface area contributed by atoms with Crippen LogP contribution in [0.1, 0.15) is 25.0 Å². The summed E-state index contributed by atoms with van der Waals surface area (Å²) in [4.78, 5) is 53.7. The van der Waals surface area contributed by atoms with E-state index in [1.807, 2.05) is 25.1 Å². The van der Waals surface area contributed by atoms with E-state index >= 15 is 0 Å². The summed E-state index contributed by atoms with van der Waals surface area (Å²) >= 11 is 6.14. The van der Waals surface area contributed by atoms with E-state index in [1.54, 1.807) is 37.3 Å². The molecule has 1 aliphatic heterocycles. The Hall–Kier alpha value is -3.23. The van der Waals surface area contributed by atoms with Gasteiger partial charge in [-0.25, -0.2) is 9.69 Å². The van der Waals surface area contributed by atoms with Crippen LogP contribution in [0.25, 0.3) is 0 Å². The molecule has 2 unspecified atom stereocenters. The van der Waals surface area contributed by atoms with Crippen molar-refractivity contribution in [1.29, 1.82) is 0 Å². The monoisotopic (exact) mass is 457 g/mol. The van der Waals surface area contributed by atoms with Crippen molar-refractivity contribution in [3.63, 3.8) is 0 Å². The van der Waals surface area contributed by atoms with Crippen LogP contribution in [-0.2, 0) is 25.7 Å². The number of ketones is 1. The van der Waals surface area contributed by atoms with Crippen molar-refractivity contribution in [2.24, 2.45) is 0 Å². The van der Waals surface area contributed by atoms with Crippen LogP contribution in [0.3, 0.4) is 0 Å². The molecule has 2 aromatic rings. The minimum absolute atomic E-state index is 0.0858. The molecular weight excluding hydrogens is 434 g/mol. The SMILES string of the molecule is CCOC1C(=O)N(C(C(C)=O)C(=O)Nc2cc(C)ccc2Cl)C(=O)N1Cc1ccccc1. The zero-order valence-electron chi connectivity index (χ0n) is 18.0. The molecule has 0 aliphatic carbocycles. The summed E-state index contributed by atoms with van der Waals surface area (Å²) in [7, 11) is 0. The quantitative estimate of drug-likeness (QED) is 0.484. The molecule has 9 heteroatoms. The number of nitrogens with zero attached hydrogens (tertiary/aromatic N) is 2. The number of urea groups is 1. The summed E-state index contributed by atoms with van der Waals surface area (Å²) in [6.45, 7) is 4.91. The topological polar surface area (TPSA) is 96.0 Å². The normalized spacial score (nSPS) is 16.9. The second-order valence-corrected chi connectivity index (χ2v) is 7.80. The lowest BCUT2D eigenvalue weighted by atomic mass is 10.1. The number of amides is 4. The predicted octanol–water partition coefficient (Wildman–Crippen LogP) is 3.37. The number of nitrogens with one attached hydrogen (secondary N) is 1. The fourth-order valence-corrected chi connectivity index (χ4v) is 3.66. The second-order valence-electron chi connectivity index (χ2n) is 7.40. The van der Waals surface area contributed by atoms with Gasteiger partial charge in [-0.15, -0.1) is 0 Å². The van der Waals surface area contributed by atoms with E-state index in [0.717, 1.165) is 18.1 Å². The number of imide groups is 1. The number of benzene rings is 2. The maximum absolute atomic E-state index is 13.2. The molecule has 32 heavy (non-hydrogen) atoms. The first-order valence-electron chi connectivity index (χ1n) is 10.1. The van der Waals surface area contributed by atoms with E-state index in [0.29, 0.717) is 4.90 Å². The third-order valence-corrected chi connectivity index (χ3v) is 5.30. The van der Waals surface area contributed by atoms with Crippen LogP contribution in [-0.4, -0.2) is 52.3 Å². The van der Waals surface area contributed by atoms with E-state index in [4.69, 9.17) is 16.3 Å². The summed E-state index contributed by atoms with van der Waals surface area (Å²) in [6, 6.07) is 11.6. The molecule has 0 saturated carbocycles. The van der Waals surface area contributed by atoms with E-state index in [1.165, 1.54) is 4.90 Å². The molecule has 4 amide bonds. The number of carbonyl (C=O) groups is 4. The molecule has 1 heterocycles. The van der Waals surface area contributed by atoms with Gasteiger partial charge >= 0.3 is 6.03 Å². The number of carbonyl (C=O) groups excluding carboxylic acids is 4. The summed E-state index contributed by atoms with van der Waals surface area (Å²) in [6.07, 6.45) is -1.23. The smallest absolute Gasteiger partial charge is 0.330 e. The van der Waals surface area contributed by atoms with Crippen LogP contribution in [0.15, 0.2) is 48.5 Å². The van der Waals surface area contributed by atoms with Crippen molar-refractivity contribution >= 4 is 40.9 Å². The van der Waals surface area contributed by atoms with Gasteiger partial charge in [0.1, 0.15) is 0 Å². The van der Waals surface area contributed by atoms with Gasteiger partial charge in [-0.2, -0.15) is 0 Å². The molecule has 1 aliphatic rings. The zero-order chi connectivity index (χ0) is 23.4.